The van der Waals surface area contributed by atoms with Crippen molar-refractivity contribution in [1.82, 2.24) is 15.3 Å². The number of hydrogen-bond acceptors (Lipinski definition) is 6. The van der Waals surface area contributed by atoms with Crippen LogP contribution < -0.4 is 15.5 Å². The molecule has 0 radical (unpaired) electrons. The predicted molar refractivity (Wildman–Crippen MR) is 181 cm³/mol. The number of aryl methyl sites for hydroxylation is 1. The minimum absolute atomic E-state index is 0.0407. The smallest absolute Gasteiger partial charge is 0.302 e. The Morgan fingerprint density at radius 2 is 1.81 bits per heavy atom. The summed E-state index contributed by atoms with van der Waals surface area (Å²) in [7, 11) is 1.98. The standard InChI is InChI=1S/C36H34F5N5S/c1-5-7-25-18-43-32-12-9-24(15-29(32)34(25)46(4)6-2)33-13-10-27(47-33)20-45-35-28(16-26(19-44-35)36(40,41)21-37)22(3)42-17-23-8-11-30(38)31(39)14-23/h6,8-16,18-19,42H,2-3,5,7,17,20-21H2,1,4H3,(H,44,45). The highest BCUT2D eigenvalue weighted by atomic mass is 32.1. The summed E-state index contributed by atoms with van der Waals surface area (Å²) in [6, 6.07) is 14.7. The second-order valence-corrected chi connectivity index (χ2v) is 12.2. The molecule has 0 saturated carbocycles. The van der Waals surface area contributed by atoms with E-state index < -0.39 is 29.8 Å². The van der Waals surface area contributed by atoms with Gasteiger partial charge in [-0.2, -0.15) is 8.78 Å². The van der Waals surface area contributed by atoms with Crippen molar-refractivity contribution in [3.05, 3.63) is 125 Å². The molecule has 0 atom stereocenters. The van der Waals surface area contributed by atoms with Gasteiger partial charge in [0.15, 0.2) is 18.3 Å². The molecule has 47 heavy (non-hydrogen) atoms. The van der Waals surface area contributed by atoms with Crippen molar-refractivity contribution in [3.8, 4) is 10.4 Å². The zero-order valence-corrected chi connectivity index (χ0v) is 26.8. The average Bonchev–Trinajstić information content (AvgIpc) is 3.56. The lowest BCUT2D eigenvalue weighted by molar-refractivity contribution is -0.0283. The summed E-state index contributed by atoms with van der Waals surface area (Å²) in [5, 5.41) is 7.17. The van der Waals surface area contributed by atoms with Crippen LogP contribution in [0.25, 0.3) is 27.0 Å². The summed E-state index contributed by atoms with van der Waals surface area (Å²) in [5.74, 6) is -5.48. The molecule has 5 aromatic rings. The molecular formula is C36H34F5N5S. The van der Waals surface area contributed by atoms with Crippen molar-refractivity contribution in [2.75, 3.05) is 23.9 Å². The van der Waals surface area contributed by atoms with Gasteiger partial charge in [-0.05, 0) is 71.8 Å². The third-order valence-corrected chi connectivity index (χ3v) is 8.86. The van der Waals surface area contributed by atoms with Crippen LogP contribution in [0.1, 0.15) is 40.5 Å². The first-order chi connectivity index (χ1) is 22.5. The van der Waals surface area contributed by atoms with Gasteiger partial charge in [-0.25, -0.2) is 18.2 Å². The highest BCUT2D eigenvalue weighted by Gasteiger charge is 2.33. The number of benzene rings is 2. The van der Waals surface area contributed by atoms with Gasteiger partial charge in [0.1, 0.15) is 5.82 Å². The number of pyridine rings is 2. The highest BCUT2D eigenvalue weighted by molar-refractivity contribution is 7.15. The fourth-order valence-corrected chi connectivity index (χ4v) is 6.14. The number of aromatic nitrogens is 2. The molecule has 244 valence electrons. The number of nitrogens with one attached hydrogen (secondary N) is 2. The van der Waals surface area contributed by atoms with Gasteiger partial charge < -0.3 is 15.5 Å². The number of rotatable bonds is 14. The van der Waals surface area contributed by atoms with Crippen LogP contribution in [0.2, 0.25) is 0 Å². The zero-order chi connectivity index (χ0) is 33.7. The third kappa shape index (κ3) is 7.46. The molecule has 5 nitrogen and oxygen atoms in total. The van der Waals surface area contributed by atoms with Crippen molar-refractivity contribution in [2.24, 2.45) is 0 Å². The van der Waals surface area contributed by atoms with Gasteiger partial charge in [0.25, 0.3) is 0 Å². The Kier molecular flexibility index (Phi) is 10.2. The molecule has 0 fully saturated rings. The molecule has 0 aliphatic heterocycles. The lowest BCUT2D eigenvalue weighted by Gasteiger charge is -2.20. The van der Waals surface area contributed by atoms with E-state index in [0.717, 1.165) is 74.7 Å². The monoisotopic (exact) mass is 663 g/mol. The molecule has 0 amide bonds. The molecule has 3 heterocycles. The molecule has 0 bridgehead atoms. The maximum absolute atomic E-state index is 14.3. The minimum Gasteiger partial charge on any atom is -0.381 e. The van der Waals surface area contributed by atoms with Gasteiger partial charge in [0, 0.05) is 58.0 Å². The number of anilines is 2. The normalized spacial score (nSPS) is 11.5. The topological polar surface area (TPSA) is 53.1 Å². The summed E-state index contributed by atoms with van der Waals surface area (Å²) < 4.78 is 68.8. The van der Waals surface area contributed by atoms with Crippen LogP contribution in [0.4, 0.5) is 33.5 Å². The summed E-state index contributed by atoms with van der Waals surface area (Å²) in [6.07, 6.45) is 6.53. The highest BCUT2D eigenvalue weighted by Crippen LogP contribution is 2.36. The molecule has 2 N–H and O–H groups in total. The molecule has 11 heteroatoms. The largest absolute Gasteiger partial charge is 0.381 e. The van der Waals surface area contributed by atoms with Crippen LogP contribution >= 0.6 is 11.3 Å². The zero-order valence-electron chi connectivity index (χ0n) is 26.0. The Balaban J connectivity index is 1.39. The van der Waals surface area contributed by atoms with E-state index in [4.69, 9.17) is 0 Å². The Morgan fingerprint density at radius 1 is 1.00 bits per heavy atom. The molecular weight excluding hydrogens is 629 g/mol. The third-order valence-electron chi connectivity index (χ3n) is 7.73. The van der Waals surface area contributed by atoms with Crippen LogP contribution in [-0.2, 0) is 25.4 Å². The first kappa shape index (κ1) is 33.6. The van der Waals surface area contributed by atoms with Gasteiger partial charge in [-0.15, -0.1) is 11.3 Å². The Morgan fingerprint density at radius 3 is 2.53 bits per heavy atom. The minimum atomic E-state index is -3.74. The van der Waals surface area contributed by atoms with Crippen molar-refractivity contribution in [3.63, 3.8) is 0 Å². The number of fused-ring (bicyclic) bond motifs is 1. The van der Waals surface area contributed by atoms with E-state index in [1.807, 2.05) is 42.4 Å². The molecule has 0 spiro atoms. The van der Waals surface area contributed by atoms with E-state index in [1.54, 1.807) is 17.5 Å². The second kappa shape index (κ2) is 14.3. The summed E-state index contributed by atoms with van der Waals surface area (Å²) in [5.41, 5.74) is 4.33. The van der Waals surface area contributed by atoms with Gasteiger partial charge in [-0.1, -0.05) is 38.6 Å². The average molecular weight is 664 g/mol. The van der Waals surface area contributed by atoms with Crippen molar-refractivity contribution >= 4 is 39.4 Å². The van der Waals surface area contributed by atoms with Crippen molar-refractivity contribution in [2.45, 2.75) is 38.8 Å². The molecule has 5 rings (SSSR count). The number of thiophene rings is 1. The Bertz CT molecular complexity index is 1920. The number of hydrogen-bond donors (Lipinski definition) is 2. The lowest BCUT2D eigenvalue weighted by atomic mass is 10.0. The Hall–Kier alpha value is -4.77. The van der Waals surface area contributed by atoms with Crippen LogP contribution in [-0.4, -0.2) is 23.7 Å². The van der Waals surface area contributed by atoms with Crippen molar-refractivity contribution < 1.29 is 22.0 Å². The Labute approximate surface area is 274 Å². The van der Waals surface area contributed by atoms with E-state index in [9.17, 15) is 22.0 Å². The molecule has 0 unspecified atom stereocenters. The fraction of sp³-hybridized carbons (Fsp3) is 0.222. The number of halogens is 5. The van der Waals surface area contributed by atoms with E-state index in [2.05, 4.69) is 46.7 Å². The van der Waals surface area contributed by atoms with E-state index in [1.165, 1.54) is 6.07 Å². The maximum atomic E-state index is 14.3. The molecule has 0 aliphatic carbocycles. The molecule has 0 saturated heterocycles. The fourth-order valence-electron chi connectivity index (χ4n) is 5.20. The number of nitrogens with zero attached hydrogens (tertiary/aromatic N) is 3. The van der Waals surface area contributed by atoms with Gasteiger partial charge in [0.2, 0.25) is 0 Å². The summed E-state index contributed by atoms with van der Waals surface area (Å²) >= 11 is 1.57. The molecule has 0 aliphatic rings. The first-order valence-corrected chi connectivity index (χ1v) is 15.8. The second-order valence-electron chi connectivity index (χ2n) is 11.1. The summed E-state index contributed by atoms with van der Waals surface area (Å²) in [4.78, 5) is 12.9. The van der Waals surface area contributed by atoms with Crippen LogP contribution in [0.5, 0.6) is 0 Å². The van der Waals surface area contributed by atoms with Gasteiger partial charge in [0.05, 0.1) is 17.7 Å². The SMILES string of the molecule is C=CN(C)c1c(CCC)cnc2ccc(-c3ccc(CNc4ncc(C(F)(F)CF)cc4C(=C)NCc4ccc(F)c(F)c4)s3)cc12. The lowest BCUT2D eigenvalue weighted by Crippen LogP contribution is -2.19. The predicted octanol–water partition coefficient (Wildman–Crippen LogP) is 9.60. The van der Waals surface area contributed by atoms with E-state index >= 15 is 0 Å². The number of alkyl halides is 3. The molecule has 2 aromatic carbocycles. The van der Waals surface area contributed by atoms with Crippen LogP contribution in [0.3, 0.4) is 0 Å². The molecule has 3 aromatic heterocycles. The van der Waals surface area contributed by atoms with E-state index in [-0.39, 0.29) is 23.6 Å². The maximum Gasteiger partial charge on any atom is 0.302 e. The summed E-state index contributed by atoms with van der Waals surface area (Å²) in [6.45, 7) is 8.50. The van der Waals surface area contributed by atoms with Gasteiger partial charge in [-0.3, -0.25) is 4.98 Å². The first-order valence-electron chi connectivity index (χ1n) is 15.0. The van der Waals surface area contributed by atoms with Crippen LogP contribution in [0.15, 0.2) is 86.3 Å². The quantitative estimate of drug-likeness (QED) is 0.116. The van der Waals surface area contributed by atoms with Gasteiger partial charge >= 0.3 is 5.92 Å². The van der Waals surface area contributed by atoms with Crippen LogP contribution in [0, 0.1) is 11.6 Å². The van der Waals surface area contributed by atoms with Crippen molar-refractivity contribution in [1.29, 1.82) is 0 Å². The van der Waals surface area contributed by atoms with E-state index in [0.29, 0.717) is 12.1 Å².